The van der Waals surface area contributed by atoms with Crippen LogP contribution in [0.25, 0.3) is 0 Å². The Morgan fingerprint density at radius 3 is 2.79 bits per heavy atom. The summed E-state index contributed by atoms with van der Waals surface area (Å²) >= 11 is 6.11. The average Bonchev–Trinajstić information content (AvgIpc) is 2.88. The minimum Gasteiger partial charge on any atom is -0.339 e. The lowest BCUT2D eigenvalue weighted by molar-refractivity contribution is 0.337. The second-order valence-corrected chi connectivity index (χ2v) is 5.09. The minimum absolute atomic E-state index is 0.0358. The molecule has 1 aromatic heterocycles. The molecular weight excluding hydrogens is 262 g/mol. The molecule has 0 saturated carbocycles. The van der Waals surface area contributed by atoms with Gasteiger partial charge in [0.1, 0.15) is 0 Å². The second kappa shape index (κ2) is 6.17. The van der Waals surface area contributed by atoms with Crippen molar-refractivity contribution in [3.05, 3.63) is 46.6 Å². The largest absolute Gasteiger partial charge is 0.339 e. The van der Waals surface area contributed by atoms with Gasteiger partial charge in [0, 0.05) is 17.5 Å². The fraction of sp³-hybridized carbons (Fsp3) is 0.429. The summed E-state index contributed by atoms with van der Waals surface area (Å²) in [6.45, 7) is 4.04. The van der Waals surface area contributed by atoms with E-state index in [1.54, 1.807) is 0 Å². The molecule has 2 unspecified atom stereocenters. The summed E-state index contributed by atoms with van der Waals surface area (Å²) in [5, 5.41) is 4.71. The number of nitrogens with two attached hydrogens (primary N) is 1. The number of halogens is 1. The smallest absolute Gasteiger partial charge is 0.231 e. The van der Waals surface area contributed by atoms with Crippen molar-refractivity contribution in [1.29, 1.82) is 0 Å². The second-order valence-electron chi connectivity index (χ2n) is 4.68. The molecule has 102 valence electrons. The maximum Gasteiger partial charge on any atom is 0.231 e. The Labute approximate surface area is 118 Å². The number of hydrogen-bond donors (Lipinski definition) is 1. The molecule has 0 aliphatic rings. The Kier molecular flexibility index (Phi) is 4.56. The summed E-state index contributed by atoms with van der Waals surface area (Å²) in [5.74, 6) is 1.30. The number of benzene rings is 1. The lowest BCUT2D eigenvalue weighted by atomic mass is 10.0. The van der Waals surface area contributed by atoms with Crippen molar-refractivity contribution >= 4 is 11.6 Å². The van der Waals surface area contributed by atoms with Crippen molar-refractivity contribution in [1.82, 2.24) is 10.1 Å². The molecule has 2 aromatic rings. The van der Waals surface area contributed by atoms with Crippen LogP contribution in [0.4, 0.5) is 0 Å². The topological polar surface area (TPSA) is 64.9 Å². The predicted molar refractivity (Wildman–Crippen MR) is 75.2 cm³/mol. The van der Waals surface area contributed by atoms with Gasteiger partial charge in [-0.15, -0.1) is 0 Å². The summed E-state index contributed by atoms with van der Waals surface area (Å²) < 4.78 is 5.28. The molecule has 2 atom stereocenters. The van der Waals surface area contributed by atoms with E-state index in [1.807, 2.05) is 38.1 Å². The van der Waals surface area contributed by atoms with Crippen LogP contribution >= 0.6 is 11.6 Å². The summed E-state index contributed by atoms with van der Waals surface area (Å²) in [7, 11) is 0. The van der Waals surface area contributed by atoms with Crippen LogP contribution in [0, 0.1) is 0 Å². The predicted octanol–water partition coefficient (Wildman–Crippen LogP) is 3.15. The van der Waals surface area contributed by atoms with Crippen molar-refractivity contribution in [3.8, 4) is 0 Å². The molecule has 0 amide bonds. The molecule has 0 bridgehead atoms. The standard InChI is InChI=1S/C14H18ClN3O/c1-3-12(16)9(2)14-17-13(18-19-14)8-10-6-4-5-7-11(10)15/h4-7,9,12H,3,8,16H2,1-2H3. The Morgan fingerprint density at radius 1 is 1.37 bits per heavy atom. The van der Waals surface area contributed by atoms with Gasteiger partial charge in [0.05, 0.1) is 5.92 Å². The molecule has 0 aliphatic heterocycles. The first-order valence-electron chi connectivity index (χ1n) is 6.43. The van der Waals surface area contributed by atoms with Crippen LogP contribution in [-0.2, 0) is 6.42 Å². The SMILES string of the molecule is CCC(N)C(C)c1nc(Cc2ccccc2Cl)no1. The highest BCUT2D eigenvalue weighted by atomic mass is 35.5. The van der Waals surface area contributed by atoms with Crippen molar-refractivity contribution in [2.24, 2.45) is 5.73 Å². The van der Waals surface area contributed by atoms with Crippen molar-refractivity contribution in [2.45, 2.75) is 38.6 Å². The minimum atomic E-state index is 0.0358. The van der Waals surface area contributed by atoms with E-state index in [2.05, 4.69) is 10.1 Å². The molecule has 19 heavy (non-hydrogen) atoms. The van der Waals surface area contributed by atoms with Gasteiger partial charge in [0.15, 0.2) is 5.82 Å². The van der Waals surface area contributed by atoms with Crippen LogP contribution in [0.1, 0.15) is 43.5 Å². The van der Waals surface area contributed by atoms with E-state index in [0.717, 1.165) is 12.0 Å². The van der Waals surface area contributed by atoms with Crippen LogP contribution in [0.3, 0.4) is 0 Å². The lowest BCUT2D eigenvalue weighted by Crippen LogP contribution is -2.25. The first-order chi connectivity index (χ1) is 9.11. The number of aromatic nitrogens is 2. The van der Waals surface area contributed by atoms with E-state index in [1.165, 1.54) is 0 Å². The molecule has 5 heteroatoms. The van der Waals surface area contributed by atoms with Gasteiger partial charge < -0.3 is 10.3 Å². The van der Waals surface area contributed by atoms with Crippen LogP contribution in [0.5, 0.6) is 0 Å². The van der Waals surface area contributed by atoms with Crippen LogP contribution in [0.15, 0.2) is 28.8 Å². The first-order valence-corrected chi connectivity index (χ1v) is 6.81. The monoisotopic (exact) mass is 279 g/mol. The third-order valence-corrected chi connectivity index (χ3v) is 3.66. The fourth-order valence-electron chi connectivity index (χ4n) is 1.87. The Bertz CT molecular complexity index is 541. The van der Waals surface area contributed by atoms with Gasteiger partial charge in [0.2, 0.25) is 5.89 Å². The van der Waals surface area contributed by atoms with E-state index < -0.39 is 0 Å². The third kappa shape index (κ3) is 3.33. The molecule has 2 N–H and O–H groups in total. The number of rotatable bonds is 5. The lowest BCUT2D eigenvalue weighted by Gasteiger charge is -2.13. The Morgan fingerprint density at radius 2 is 2.11 bits per heavy atom. The fourth-order valence-corrected chi connectivity index (χ4v) is 2.08. The van der Waals surface area contributed by atoms with Gasteiger partial charge >= 0.3 is 0 Å². The van der Waals surface area contributed by atoms with E-state index in [9.17, 15) is 0 Å². The van der Waals surface area contributed by atoms with Crippen LogP contribution < -0.4 is 5.73 Å². The quantitative estimate of drug-likeness (QED) is 0.913. The first kappa shape index (κ1) is 14.0. The number of hydrogen-bond acceptors (Lipinski definition) is 4. The van der Waals surface area contributed by atoms with Gasteiger partial charge in [0.25, 0.3) is 0 Å². The van der Waals surface area contributed by atoms with Crippen molar-refractivity contribution in [3.63, 3.8) is 0 Å². The zero-order valence-electron chi connectivity index (χ0n) is 11.1. The summed E-state index contributed by atoms with van der Waals surface area (Å²) in [6, 6.07) is 7.69. The van der Waals surface area contributed by atoms with E-state index in [-0.39, 0.29) is 12.0 Å². The molecule has 0 spiro atoms. The average molecular weight is 280 g/mol. The highest BCUT2D eigenvalue weighted by Gasteiger charge is 2.20. The molecule has 1 aromatic carbocycles. The summed E-state index contributed by atoms with van der Waals surface area (Å²) in [6.07, 6.45) is 1.45. The molecule has 4 nitrogen and oxygen atoms in total. The molecule has 0 aliphatic carbocycles. The third-order valence-electron chi connectivity index (χ3n) is 3.29. The number of nitrogens with zero attached hydrogens (tertiary/aromatic N) is 2. The molecular formula is C14H18ClN3O. The highest BCUT2D eigenvalue weighted by Crippen LogP contribution is 2.21. The molecule has 0 fully saturated rings. The van der Waals surface area contributed by atoms with Gasteiger partial charge in [-0.2, -0.15) is 4.98 Å². The van der Waals surface area contributed by atoms with Gasteiger partial charge in [-0.05, 0) is 18.1 Å². The van der Waals surface area contributed by atoms with Crippen molar-refractivity contribution < 1.29 is 4.52 Å². The molecule has 0 saturated heterocycles. The Hall–Kier alpha value is -1.39. The van der Waals surface area contributed by atoms with Gasteiger partial charge in [-0.3, -0.25) is 0 Å². The van der Waals surface area contributed by atoms with Crippen LogP contribution in [-0.4, -0.2) is 16.2 Å². The molecule has 0 radical (unpaired) electrons. The van der Waals surface area contributed by atoms with E-state index >= 15 is 0 Å². The van der Waals surface area contributed by atoms with Gasteiger partial charge in [-0.25, -0.2) is 0 Å². The molecule has 1 heterocycles. The zero-order valence-corrected chi connectivity index (χ0v) is 11.9. The highest BCUT2D eigenvalue weighted by molar-refractivity contribution is 6.31. The maximum absolute atomic E-state index is 6.11. The normalized spacial score (nSPS) is 14.3. The van der Waals surface area contributed by atoms with Crippen LogP contribution in [0.2, 0.25) is 5.02 Å². The van der Waals surface area contributed by atoms with Crippen molar-refractivity contribution in [2.75, 3.05) is 0 Å². The molecule has 2 rings (SSSR count). The summed E-state index contributed by atoms with van der Waals surface area (Å²) in [5.41, 5.74) is 6.98. The maximum atomic E-state index is 6.11. The van der Waals surface area contributed by atoms with E-state index in [0.29, 0.717) is 23.2 Å². The van der Waals surface area contributed by atoms with E-state index in [4.69, 9.17) is 21.9 Å². The van der Waals surface area contributed by atoms with Gasteiger partial charge in [-0.1, -0.05) is 48.8 Å². The summed E-state index contributed by atoms with van der Waals surface area (Å²) in [4.78, 5) is 4.40. The zero-order chi connectivity index (χ0) is 13.8. The Balaban J connectivity index is 2.12.